The maximum absolute atomic E-state index is 14.2. The lowest BCUT2D eigenvalue weighted by Crippen LogP contribution is -2.28. The summed E-state index contributed by atoms with van der Waals surface area (Å²) in [6.45, 7) is 7.73. The summed E-state index contributed by atoms with van der Waals surface area (Å²) < 4.78 is 44.5. The van der Waals surface area contributed by atoms with Crippen molar-refractivity contribution in [2.45, 2.75) is 65.8 Å². The van der Waals surface area contributed by atoms with Crippen LogP contribution in [0.1, 0.15) is 67.3 Å². The van der Waals surface area contributed by atoms with Crippen LogP contribution in [-0.2, 0) is 25.8 Å². The summed E-state index contributed by atoms with van der Waals surface area (Å²) in [5.74, 6) is -0.295. The number of aromatic nitrogens is 2. The lowest BCUT2D eigenvalue weighted by molar-refractivity contribution is -0.141. The maximum atomic E-state index is 14.2. The van der Waals surface area contributed by atoms with Gasteiger partial charge >= 0.3 is 12.1 Å². The molecule has 0 unspecified atom stereocenters. The van der Waals surface area contributed by atoms with Crippen LogP contribution in [0.2, 0.25) is 0 Å². The Morgan fingerprint density at radius 2 is 1.72 bits per heavy atom. The molecule has 3 aromatic rings. The zero-order valence-electron chi connectivity index (χ0n) is 21.1. The van der Waals surface area contributed by atoms with Gasteiger partial charge in [0, 0.05) is 25.2 Å². The lowest BCUT2D eigenvalue weighted by atomic mass is 10.1. The Hall–Kier alpha value is -3.13. The molecule has 1 N–H and O–H groups in total. The normalized spacial score (nSPS) is 12.0. The highest BCUT2D eigenvalue weighted by Crippen LogP contribution is 2.36. The Morgan fingerprint density at radius 3 is 2.28 bits per heavy atom. The monoisotopic (exact) mass is 501 g/mol. The van der Waals surface area contributed by atoms with Crippen LogP contribution in [0, 0.1) is 5.92 Å². The van der Waals surface area contributed by atoms with E-state index in [1.54, 1.807) is 41.0 Å². The van der Waals surface area contributed by atoms with Crippen LogP contribution in [0.15, 0.2) is 54.6 Å². The molecule has 0 aliphatic carbocycles. The molecule has 0 saturated heterocycles. The molecule has 0 atom stereocenters. The number of carboxylic acid groups (broad SMARTS) is 1. The number of carboxylic acids is 1. The molecule has 0 aliphatic rings. The number of imidazole rings is 1. The van der Waals surface area contributed by atoms with Crippen molar-refractivity contribution in [3.05, 3.63) is 77.1 Å². The van der Waals surface area contributed by atoms with Gasteiger partial charge in [-0.05, 0) is 43.0 Å². The van der Waals surface area contributed by atoms with Gasteiger partial charge in [0.1, 0.15) is 5.82 Å². The van der Waals surface area contributed by atoms with E-state index in [4.69, 9.17) is 0 Å². The second kappa shape index (κ2) is 12.2. The number of hydrogen-bond acceptors (Lipinski definition) is 3. The van der Waals surface area contributed by atoms with E-state index in [1.165, 1.54) is 12.1 Å². The van der Waals surface area contributed by atoms with E-state index in [9.17, 15) is 23.1 Å². The molecule has 194 valence electrons. The maximum Gasteiger partial charge on any atom is 0.435 e. The molecule has 0 radical (unpaired) electrons. The van der Waals surface area contributed by atoms with E-state index in [0.29, 0.717) is 36.9 Å². The lowest BCUT2D eigenvalue weighted by Gasteiger charge is -2.25. The first-order valence-corrected chi connectivity index (χ1v) is 12.4. The number of benzene rings is 2. The van der Waals surface area contributed by atoms with Crippen LogP contribution in [0.25, 0.3) is 11.4 Å². The third kappa shape index (κ3) is 7.20. The van der Waals surface area contributed by atoms with Gasteiger partial charge in [-0.2, -0.15) is 13.2 Å². The van der Waals surface area contributed by atoms with Gasteiger partial charge < -0.3 is 9.67 Å². The SMILES string of the molecule is CCCCn1c(-c2ccccc2)nc(C(F)(F)F)c1CN(CCC(C)C)Cc1ccc(C(=O)O)cc1. The third-order valence-electron chi connectivity index (χ3n) is 6.11. The molecule has 0 bridgehead atoms. The van der Waals surface area contributed by atoms with Crippen molar-refractivity contribution in [1.29, 1.82) is 0 Å². The number of nitrogens with zero attached hydrogens (tertiary/aromatic N) is 3. The number of rotatable bonds is 12. The van der Waals surface area contributed by atoms with Crippen molar-refractivity contribution in [1.82, 2.24) is 14.5 Å². The first-order chi connectivity index (χ1) is 17.1. The minimum absolute atomic E-state index is 0.0891. The summed E-state index contributed by atoms with van der Waals surface area (Å²) in [7, 11) is 0. The van der Waals surface area contributed by atoms with Gasteiger partial charge in [-0.3, -0.25) is 4.90 Å². The predicted octanol–water partition coefficient (Wildman–Crippen LogP) is 7.12. The number of hydrogen-bond donors (Lipinski definition) is 1. The van der Waals surface area contributed by atoms with Crippen LogP contribution in [0.4, 0.5) is 13.2 Å². The van der Waals surface area contributed by atoms with Crippen molar-refractivity contribution in [2.75, 3.05) is 6.54 Å². The zero-order chi connectivity index (χ0) is 26.3. The first-order valence-electron chi connectivity index (χ1n) is 12.4. The van der Waals surface area contributed by atoms with Crippen molar-refractivity contribution >= 4 is 5.97 Å². The van der Waals surface area contributed by atoms with Gasteiger partial charge in [-0.1, -0.05) is 69.7 Å². The average Bonchev–Trinajstić information content (AvgIpc) is 3.20. The van der Waals surface area contributed by atoms with Gasteiger partial charge in [0.25, 0.3) is 0 Å². The number of aromatic carboxylic acids is 1. The fraction of sp³-hybridized carbons (Fsp3) is 0.429. The fourth-order valence-electron chi connectivity index (χ4n) is 4.12. The van der Waals surface area contributed by atoms with Gasteiger partial charge in [-0.15, -0.1) is 0 Å². The topological polar surface area (TPSA) is 58.4 Å². The number of alkyl halides is 3. The first kappa shape index (κ1) is 27.5. The Kier molecular flexibility index (Phi) is 9.31. The van der Waals surface area contributed by atoms with E-state index < -0.39 is 17.8 Å². The number of carbonyl (C=O) groups is 1. The molecule has 0 saturated carbocycles. The second-order valence-corrected chi connectivity index (χ2v) is 9.49. The smallest absolute Gasteiger partial charge is 0.435 e. The molecule has 1 aromatic heterocycles. The number of halogens is 3. The van der Waals surface area contributed by atoms with Crippen molar-refractivity contribution < 1.29 is 23.1 Å². The van der Waals surface area contributed by atoms with E-state index in [0.717, 1.165) is 24.8 Å². The van der Waals surface area contributed by atoms with E-state index >= 15 is 0 Å². The molecule has 36 heavy (non-hydrogen) atoms. The summed E-state index contributed by atoms with van der Waals surface area (Å²) in [4.78, 5) is 17.3. The van der Waals surface area contributed by atoms with Crippen molar-refractivity contribution in [3.63, 3.8) is 0 Å². The van der Waals surface area contributed by atoms with Crippen molar-refractivity contribution in [2.24, 2.45) is 5.92 Å². The van der Waals surface area contributed by atoms with Crippen LogP contribution in [0.5, 0.6) is 0 Å². The Morgan fingerprint density at radius 1 is 1.06 bits per heavy atom. The summed E-state index contributed by atoms with van der Waals surface area (Å²) in [5, 5.41) is 9.18. The quantitative estimate of drug-likeness (QED) is 0.287. The van der Waals surface area contributed by atoms with E-state index in [-0.39, 0.29) is 17.8 Å². The number of unbranched alkanes of at least 4 members (excludes halogenated alkanes) is 1. The molecule has 0 aliphatic heterocycles. The second-order valence-electron chi connectivity index (χ2n) is 9.49. The van der Waals surface area contributed by atoms with Gasteiger partial charge in [0.05, 0.1) is 11.3 Å². The summed E-state index contributed by atoms with van der Waals surface area (Å²) in [5.41, 5.74) is 1.01. The van der Waals surface area contributed by atoms with Crippen LogP contribution < -0.4 is 0 Å². The fourth-order valence-corrected chi connectivity index (χ4v) is 4.12. The molecular formula is C28H34F3N3O2. The summed E-state index contributed by atoms with van der Waals surface area (Å²) in [6.07, 6.45) is -2.17. The Balaban J connectivity index is 2.03. The van der Waals surface area contributed by atoms with Crippen molar-refractivity contribution in [3.8, 4) is 11.4 Å². The largest absolute Gasteiger partial charge is 0.478 e. The summed E-state index contributed by atoms with van der Waals surface area (Å²) in [6, 6.07) is 15.5. The minimum atomic E-state index is -4.58. The van der Waals surface area contributed by atoms with Crippen LogP contribution in [-0.4, -0.2) is 32.1 Å². The molecule has 3 rings (SSSR count). The molecule has 8 heteroatoms. The highest BCUT2D eigenvalue weighted by atomic mass is 19.4. The zero-order valence-corrected chi connectivity index (χ0v) is 21.1. The van der Waals surface area contributed by atoms with E-state index in [2.05, 4.69) is 18.8 Å². The van der Waals surface area contributed by atoms with Crippen LogP contribution >= 0.6 is 0 Å². The highest BCUT2D eigenvalue weighted by Gasteiger charge is 2.39. The highest BCUT2D eigenvalue weighted by molar-refractivity contribution is 5.87. The summed E-state index contributed by atoms with van der Waals surface area (Å²) >= 11 is 0. The van der Waals surface area contributed by atoms with Gasteiger partial charge in [-0.25, -0.2) is 9.78 Å². The average molecular weight is 502 g/mol. The molecule has 0 amide bonds. The Bertz CT molecular complexity index is 1120. The molecule has 5 nitrogen and oxygen atoms in total. The third-order valence-corrected chi connectivity index (χ3v) is 6.11. The predicted molar refractivity (Wildman–Crippen MR) is 135 cm³/mol. The van der Waals surface area contributed by atoms with Gasteiger partial charge in [0.2, 0.25) is 0 Å². The Labute approximate surface area is 210 Å². The van der Waals surface area contributed by atoms with E-state index in [1.807, 2.05) is 17.9 Å². The molecule has 0 spiro atoms. The minimum Gasteiger partial charge on any atom is -0.478 e. The molecule has 2 aromatic carbocycles. The van der Waals surface area contributed by atoms with Gasteiger partial charge in [0.15, 0.2) is 5.69 Å². The van der Waals surface area contributed by atoms with Crippen LogP contribution in [0.3, 0.4) is 0 Å². The molecular weight excluding hydrogens is 467 g/mol. The molecule has 0 fully saturated rings. The molecule has 1 heterocycles. The standard InChI is InChI=1S/C28H34F3N3O2/c1-4-5-16-34-24(25(28(29,30)31)32-26(34)22-9-7-6-8-10-22)19-33(17-15-20(2)3)18-21-11-13-23(14-12-21)27(35)36/h6-14,20H,4-5,15-19H2,1-3H3,(H,35,36).